The Balaban J connectivity index is 2.13. The van der Waals surface area contributed by atoms with Crippen LogP contribution < -0.4 is 5.56 Å². The maximum atomic E-state index is 12.0. The van der Waals surface area contributed by atoms with Gasteiger partial charge in [0.25, 0.3) is 5.56 Å². The van der Waals surface area contributed by atoms with Crippen molar-refractivity contribution in [1.29, 1.82) is 0 Å². The number of nitrogens with zero attached hydrogens (tertiary/aromatic N) is 3. The second kappa shape index (κ2) is 5.51. The predicted octanol–water partition coefficient (Wildman–Crippen LogP) is 1.14. The summed E-state index contributed by atoms with van der Waals surface area (Å²) in [6.45, 7) is 3.03. The monoisotopic (exact) mass is 261 g/mol. The van der Waals surface area contributed by atoms with Crippen LogP contribution in [0.25, 0.3) is 0 Å². The molecule has 0 unspecified atom stereocenters. The number of aryl methyl sites for hydroxylation is 2. The third kappa shape index (κ3) is 2.90. The van der Waals surface area contributed by atoms with Gasteiger partial charge in [0.05, 0.1) is 6.33 Å². The van der Waals surface area contributed by atoms with E-state index in [-0.39, 0.29) is 5.56 Å². The molecule has 0 atom stereocenters. The lowest BCUT2D eigenvalue weighted by Crippen LogP contribution is -2.28. The fourth-order valence-corrected chi connectivity index (χ4v) is 1.94. The van der Waals surface area contributed by atoms with E-state index in [1.54, 1.807) is 25.5 Å². The average Bonchev–Trinajstić information content (AvgIpc) is 2.86. The Kier molecular flexibility index (Phi) is 3.79. The van der Waals surface area contributed by atoms with E-state index in [0.717, 1.165) is 18.7 Å². The number of aromatic nitrogens is 3. The number of carboxylic acids is 1. The van der Waals surface area contributed by atoms with Crippen molar-refractivity contribution in [1.82, 2.24) is 14.1 Å². The van der Waals surface area contributed by atoms with Gasteiger partial charge in [0.1, 0.15) is 5.56 Å². The van der Waals surface area contributed by atoms with Crippen molar-refractivity contribution in [2.24, 2.45) is 0 Å². The van der Waals surface area contributed by atoms with Crippen LogP contribution in [0, 0.1) is 6.92 Å². The Morgan fingerprint density at radius 2 is 2.16 bits per heavy atom. The second-order valence-corrected chi connectivity index (χ2v) is 4.30. The lowest BCUT2D eigenvalue weighted by molar-refractivity contribution is 0.0694. The van der Waals surface area contributed by atoms with Crippen molar-refractivity contribution in [2.45, 2.75) is 26.4 Å². The summed E-state index contributed by atoms with van der Waals surface area (Å²) in [7, 11) is 0. The number of imidazole rings is 1. The number of rotatable bonds is 5. The topological polar surface area (TPSA) is 77.1 Å². The second-order valence-electron chi connectivity index (χ2n) is 4.30. The van der Waals surface area contributed by atoms with Crippen LogP contribution in [-0.2, 0) is 13.1 Å². The Morgan fingerprint density at radius 1 is 1.37 bits per heavy atom. The van der Waals surface area contributed by atoms with Crippen molar-refractivity contribution < 1.29 is 9.90 Å². The lowest BCUT2D eigenvalue weighted by Gasteiger charge is -2.10. The zero-order chi connectivity index (χ0) is 13.8. The summed E-state index contributed by atoms with van der Waals surface area (Å²) >= 11 is 0. The zero-order valence-corrected chi connectivity index (χ0v) is 10.6. The first-order valence-electron chi connectivity index (χ1n) is 5.99. The molecule has 0 bridgehead atoms. The average molecular weight is 261 g/mol. The van der Waals surface area contributed by atoms with Crippen molar-refractivity contribution in [3.05, 3.63) is 52.5 Å². The molecule has 0 aliphatic carbocycles. The molecule has 19 heavy (non-hydrogen) atoms. The van der Waals surface area contributed by atoms with E-state index >= 15 is 0 Å². The number of hydrogen-bond donors (Lipinski definition) is 1. The molecule has 1 N–H and O–H groups in total. The van der Waals surface area contributed by atoms with E-state index in [1.807, 2.05) is 10.8 Å². The Labute approximate surface area is 109 Å². The number of pyridine rings is 1. The molecule has 100 valence electrons. The molecule has 0 saturated heterocycles. The summed E-state index contributed by atoms with van der Waals surface area (Å²) in [4.78, 5) is 26.8. The van der Waals surface area contributed by atoms with Crippen LogP contribution >= 0.6 is 0 Å². The molecule has 0 aliphatic heterocycles. The summed E-state index contributed by atoms with van der Waals surface area (Å²) < 4.78 is 3.42. The van der Waals surface area contributed by atoms with Crippen LogP contribution in [0.1, 0.15) is 22.5 Å². The standard InChI is InChI=1S/C13H15N3O3/c1-10-3-4-11(13(18)19)12(17)16(10)7-2-6-15-8-5-14-9-15/h3-5,8-9H,2,6-7H2,1H3,(H,18,19). The molecule has 6 nitrogen and oxygen atoms in total. The van der Waals surface area contributed by atoms with E-state index < -0.39 is 11.5 Å². The van der Waals surface area contributed by atoms with Gasteiger partial charge in [-0.25, -0.2) is 9.78 Å². The minimum atomic E-state index is -1.19. The van der Waals surface area contributed by atoms with Crippen molar-refractivity contribution >= 4 is 5.97 Å². The Morgan fingerprint density at radius 3 is 2.79 bits per heavy atom. The normalized spacial score (nSPS) is 10.6. The van der Waals surface area contributed by atoms with Gasteiger partial charge in [-0.15, -0.1) is 0 Å². The summed E-state index contributed by atoms with van der Waals surface area (Å²) in [6.07, 6.45) is 6.00. The Bertz CT molecular complexity index is 629. The summed E-state index contributed by atoms with van der Waals surface area (Å²) in [5.41, 5.74) is 0.131. The third-order valence-electron chi connectivity index (χ3n) is 2.98. The van der Waals surface area contributed by atoms with E-state index in [9.17, 15) is 9.59 Å². The van der Waals surface area contributed by atoms with Crippen molar-refractivity contribution in [3.63, 3.8) is 0 Å². The van der Waals surface area contributed by atoms with Crippen LogP contribution in [0.15, 0.2) is 35.6 Å². The first-order valence-corrected chi connectivity index (χ1v) is 5.99. The molecule has 6 heteroatoms. The van der Waals surface area contributed by atoms with E-state index in [2.05, 4.69) is 4.98 Å². The summed E-state index contributed by atoms with van der Waals surface area (Å²) in [5.74, 6) is -1.19. The highest BCUT2D eigenvalue weighted by Gasteiger charge is 2.11. The molecular weight excluding hydrogens is 246 g/mol. The maximum absolute atomic E-state index is 12.0. The minimum Gasteiger partial charge on any atom is -0.477 e. The minimum absolute atomic E-state index is 0.187. The quantitative estimate of drug-likeness (QED) is 0.875. The fraction of sp³-hybridized carbons (Fsp3) is 0.308. The lowest BCUT2D eigenvalue weighted by atomic mass is 10.2. The number of carbonyl (C=O) groups is 1. The summed E-state index contributed by atoms with van der Waals surface area (Å²) in [5, 5.41) is 8.93. The molecule has 0 aliphatic rings. The van der Waals surface area contributed by atoms with Gasteiger partial charge >= 0.3 is 5.97 Å². The molecule has 0 radical (unpaired) electrons. The number of aromatic carboxylic acids is 1. The number of hydrogen-bond acceptors (Lipinski definition) is 3. The Hall–Kier alpha value is -2.37. The van der Waals surface area contributed by atoms with E-state index in [4.69, 9.17) is 5.11 Å². The first-order chi connectivity index (χ1) is 9.09. The largest absolute Gasteiger partial charge is 0.477 e. The van der Waals surface area contributed by atoms with Crippen LogP contribution in [0.5, 0.6) is 0 Å². The third-order valence-corrected chi connectivity index (χ3v) is 2.98. The molecule has 0 amide bonds. The van der Waals surface area contributed by atoms with Gasteiger partial charge in [0, 0.05) is 31.2 Å². The van der Waals surface area contributed by atoms with Gasteiger partial charge in [0.2, 0.25) is 0 Å². The van der Waals surface area contributed by atoms with Crippen LogP contribution in [0.4, 0.5) is 0 Å². The molecule has 0 aromatic carbocycles. The molecule has 2 heterocycles. The van der Waals surface area contributed by atoms with Gasteiger partial charge in [0.15, 0.2) is 0 Å². The van der Waals surface area contributed by atoms with Crippen LogP contribution in [-0.4, -0.2) is 25.2 Å². The van der Waals surface area contributed by atoms with Gasteiger partial charge in [-0.1, -0.05) is 0 Å². The molecule has 2 rings (SSSR count). The van der Waals surface area contributed by atoms with Gasteiger partial charge in [-0.2, -0.15) is 0 Å². The highest BCUT2D eigenvalue weighted by Crippen LogP contribution is 2.01. The van der Waals surface area contributed by atoms with Crippen molar-refractivity contribution in [3.8, 4) is 0 Å². The van der Waals surface area contributed by atoms with Crippen LogP contribution in [0.3, 0.4) is 0 Å². The molecule has 0 saturated carbocycles. The maximum Gasteiger partial charge on any atom is 0.341 e. The van der Waals surface area contributed by atoms with Crippen molar-refractivity contribution in [2.75, 3.05) is 0 Å². The smallest absolute Gasteiger partial charge is 0.341 e. The highest BCUT2D eigenvalue weighted by molar-refractivity contribution is 5.87. The van der Waals surface area contributed by atoms with E-state index in [1.165, 1.54) is 10.6 Å². The first kappa shape index (κ1) is 13.1. The predicted molar refractivity (Wildman–Crippen MR) is 69.2 cm³/mol. The van der Waals surface area contributed by atoms with E-state index in [0.29, 0.717) is 6.54 Å². The van der Waals surface area contributed by atoms with Gasteiger partial charge in [-0.3, -0.25) is 4.79 Å². The number of carboxylic acid groups (broad SMARTS) is 1. The van der Waals surface area contributed by atoms with Crippen LogP contribution in [0.2, 0.25) is 0 Å². The summed E-state index contributed by atoms with van der Waals surface area (Å²) in [6, 6.07) is 3.01. The SMILES string of the molecule is Cc1ccc(C(=O)O)c(=O)n1CCCn1ccnc1. The van der Waals surface area contributed by atoms with Gasteiger partial charge < -0.3 is 14.2 Å². The fourth-order valence-electron chi connectivity index (χ4n) is 1.94. The molecule has 0 fully saturated rings. The highest BCUT2D eigenvalue weighted by atomic mass is 16.4. The molecule has 0 spiro atoms. The molecule has 2 aromatic heterocycles. The van der Waals surface area contributed by atoms with Gasteiger partial charge in [-0.05, 0) is 25.5 Å². The zero-order valence-electron chi connectivity index (χ0n) is 10.6. The molecule has 2 aromatic rings. The molecular formula is C13H15N3O3.